The highest BCUT2D eigenvalue weighted by molar-refractivity contribution is 5.76. The molecule has 0 heterocycles. The highest BCUT2D eigenvalue weighted by atomic mass is 16.2. The molecule has 0 fully saturated rings. The average molecular weight is 314 g/mol. The molecule has 1 N–H and O–H groups in total. The van der Waals surface area contributed by atoms with Crippen molar-refractivity contribution in [3.8, 4) is 0 Å². The summed E-state index contributed by atoms with van der Waals surface area (Å²) in [5.74, 6) is 0.366. The molecule has 0 aromatic carbocycles. The molecule has 22 heavy (non-hydrogen) atoms. The molecule has 3 nitrogen and oxygen atoms in total. The quantitative estimate of drug-likeness (QED) is 0.411. The number of aliphatic hydroxyl groups is 1. The number of rotatable bonds is 16. The van der Waals surface area contributed by atoms with Gasteiger partial charge in [-0.15, -0.1) is 0 Å². The molecule has 0 rings (SSSR count). The van der Waals surface area contributed by atoms with Crippen molar-refractivity contribution < 1.29 is 9.90 Å². The van der Waals surface area contributed by atoms with Crippen molar-refractivity contribution in [3.63, 3.8) is 0 Å². The van der Waals surface area contributed by atoms with Crippen molar-refractivity contribution in [1.82, 2.24) is 4.90 Å². The van der Waals surface area contributed by atoms with E-state index in [0.29, 0.717) is 12.5 Å². The third kappa shape index (κ3) is 13.1. The molecule has 1 amide bonds. The van der Waals surface area contributed by atoms with E-state index < -0.39 is 0 Å². The van der Waals surface area contributed by atoms with Crippen LogP contribution in [0.5, 0.6) is 0 Å². The van der Waals surface area contributed by atoms with E-state index in [1.807, 2.05) is 0 Å². The Hall–Kier alpha value is -0.570. The third-order valence-electron chi connectivity index (χ3n) is 4.21. The first-order valence-corrected chi connectivity index (χ1v) is 9.64. The molecule has 0 saturated heterocycles. The van der Waals surface area contributed by atoms with Crippen molar-refractivity contribution >= 4 is 5.91 Å². The van der Waals surface area contributed by atoms with Gasteiger partial charge < -0.3 is 10.0 Å². The monoisotopic (exact) mass is 313 g/mol. The number of amides is 1. The van der Waals surface area contributed by atoms with Gasteiger partial charge in [0.2, 0.25) is 5.91 Å². The van der Waals surface area contributed by atoms with Gasteiger partial charge in [-0.05, 0) is 25.7 Å². The van der Waals surface area contributed by atoms with Gasteiger partial charge in [-0.25, -0.2) is 0 Å². The van der Waals surface area contributed by atoms with E-state index in [1.165, 1.54) is 32.1 Å². The van der Waals surface area contributed by atoms with E-state index in [1.54, 1.807) is 0 Å². The van der Waals surface area contributed by atoms with Crippen LogP contribution in [0.3, 0.4) is 0 Å². The maximum Gasteiger partial charge on any atom is 0.222 e. The lowest BCUT2D eigenvalue weighted by molar-refractivity contribution is -0.131. The predicted octanol–water partition coefficient (Wildman–Crippen LogP) is 4.92. The van der Waals surface area contributed by atoms with Crippen LogP contribution in [-0.4, -0.2) is 35.6 Å². The third-order valence-corrected chi connectivity index (χ3v) is 4.21. The van der Waals surface area contributed by atoms with Crippen LogP contribution in [0.1, 0.15) is 97.3 Å². The summed E-state index contributed by atoms with van der Waals surface area (Å²) >= 11 is 0. The summed E-state index contributed by atoms with van der Waals surface area (Å²) in [6, 6.07) is 0. The number of carbonyl (C=O) groups excluding carboxylic acids is 1. The van der Waals surface area contributed by atoms with Crippen LogP contribution in [0.25, 0.3) is 0 Å². The van der Waals surface area contributed by atoms with Crippen LogP contribution in [-0.2, 0) is 4.79 Å². The van der Waals surface area contributed by atoms with E-state index in [0.717, 1.165) is 64.5 Å². The van der Waals surface area contributed by atoms with Crippen LogP contribution in [0.2, 0.25) is 0 Å². The minimum Gasteiger partial charge on any atom is -0.396 e. The van der Waals surface area contributed by atoms with E-state index in [9.17, 15) is 4.79 Å². The summed E-state index contributed by atoms with van der Waals surface area (Å²) in [5.41, 5.74) is 0. The largest absolute Gasteiger partial charge is 0.396 e. The topological polar surface area (TPSA) is 40.5 Å². The van der Waals surface area contributed by atoms with Crippen molar-refractivity contribution in [2.75, 3.05) is 19.7 Å². The van der Waals surface area contributed by atoms with Gasteiger partial charge >= 0.3 is 0 Å². The second-order valence-corrected chi connectivity index (χ2v) is 6.39. The standard InChI is InChI=1S/C19H39NO2/c1-3-5-16-20(17-6-4-2)19(22)15-13-11-9-7-8-10-12-14-18-21/h21H,3-18H2,1-2H3. The first kappa shape index (κ1) is 21.4. The number of hydrogen-bond acceptors (Lipinski definition) is 2. The van der Waals surface area contributed by atoms with Crippen LogP contribution < -0.4 is 0 Å². The summed E-state index contributed by atoms with van der Waals surface area (Å²) in [5, 5.41) is 8.71. The zero-order valence-electron chi connectivity index (χ0n) is 15.1. The minimum absolute atomic E-state index is 0.328. The van der Waals surface area contributed by atoms with Gasteiger partial charge in [0, 0.05) is 26.1 Å². The summed E-state index contributed by atoms with van der Waals surface area (Å²) in [6.07, 6.45) is 14.7. The highest BCUT2D eigenvalue weighted by Gasteiger charge is 2.11. The van der Waals surface area contributed by atoms with Crippen LogP contribution in [0.15, 0.2) is 0 Å². The number of hydrogen-bond donors (Lipinski definition) is 1. The fraction of sp³-hybridized carbons (Fsp3) is 0.947. The van der Waals surface area contributed by atoms with Crippen LogP contribution in [0, 0.1) is 0 Å². The molecule has 0 aliphatic carbocycles. The van der Waals surface area contributed by atoms with E-state index in [2.05, 4.69) is 18.7 Å². The van der Waals surface area contributed by atoms with Crippen molar-refractivity contribution in [1.29, 1.82) is 0 Å². The highest BCUT2D eigenvalue weighted by Crippen LogP contribution is 2.11. The number of aliphatic hydroxyl groups excluding tert-OH is 1. The Labute approximate surface area is 138 Å². The molecular weight excluding hydrogens is 274 g/mol. The molecule has 0 aliphatic heterocycles. The SMILES string of the molecule is CCCCN(CCCC)C(=O)CCCCCCCCCCO. The first-order chi connectivity index (χ1) is 10.8. The maximum atomic E-state index is 12.3. The van der Waals surface area contributed by atoms with Gasteiger partial charge in [-0.1, -0.05) is 65.2 Å². The molecule has 0 atom stereocenters. The van der Waals surface area contributed by atoms with Crippen molar-refractivity contribution in [2.45, 2.75) is 97.3 Å². The zero-order chi connectivity index (χ0) is 16.5. The van der Waals surface area contributed by atoms with Crippen LogP contribution in [0.4, 0.5) is 0 Å². The Kier molecular flexibility index (Phi) is 16.4. The normalized spacial score (nSPS) is 10.9. The molecule has 0 saturated carbocycles. The second-order valence-electron chi connectivity index (χ2n) is 6.39. The van der Waals surface area contributed by atoms with Crippen molar-refractivity contribution in [2.24, 2.45) is 0 Å². The second kappa shape index (κ2) is 16.8. The Morgan fingerprint density at radius 1 is 0.727 bits per heavy atom. The lowest BCUT2D eigenvalue weighted by Crippen LogP contribution is -2.32. The summed E-state index contributed by atoms with van der Waals surface area (Å²) in [6.45, 7) is 6.58. The summed E-state index contributed by atoms with van der Waals surface area (Å²) in [7, 11) is 0. The molecule has 0 spiro atoms. The first-order valence-electron chi connectivity index (χ1n) is 9.64. The van der Waals surface area contributed by atoms with Gasteiger partial charge in [0.25, 0.3) is 0 Å². The average Bonchev–Trinajstić information content (AvgIpc) is 2.53. The summed E-state index contributed by atoms with van der Waals surface area (Å²) < 4.78 is 0. The Bertz CT molecular complexity index is 236. The Morgan fingerprint density at radius 3 is 1.64 bits per heavy atom. The summed E-state index contributed by atoms with van der Waals surface area (Å²) in [4.78, 5) is 14.3. The molecule has 0 aromatic heterocycles. The molecular formula is C19H39NO2. The fourth-order valence-corrected chi connectivity index (χ4v) is 2.67. The van der Waals surface area contributed by atoms with Crippen molar-refractivity contribution in [3.05, 3.63) is 0 Å². The fourth-order valence-electron chi connectivity index (χ4n) is 2.67. The number of carbonyl (C=O) groups is 1. The molecule has 0 unspecified atom stereocenters. The smallest absolute Gasteiger partial charge is 0.222 e. The van der Waals surface area contributed by atoms with E-state index in [4.69, 9.17) is 5.11 Å². The Balaban J connectivity index is 3.61. The van der Waals surface area contributed by atoms with Gasteiger partial charge in [-0.2, -0.15) is 0 Å². The van der Waals surface area contributed by atoms with Gasteiger partial charge in [0.05, 0.1) is 0 Å². The van der Waals surface area contributed by atoms with E-state index >= 15 is 0 Å². The molecule has 132 valence electrons. The molecule has 0 radical (unpaired) electrons. The van der Waals surface area contributed by atoms with Gasteiger partial charge in [0.1, 0.15) is 0 Å². The zero-order valence-corrected chi connectivity index (χ0v) is 15.1. The van der Waals surface area contributed by atoms with Gasteiger partial charge in [0.15, 0.2) is 0 Å². The molecule has 0 bridgehead atoms. The number of nitrogens with zero attached hydrogens (tertiary/aromatic N) is 1. The Morgan fingerprint density at radius 2 is 1.18 bits per heavy atom. The molecule has 3 heteroatoms. The van der Waals surface area contributed by atoms with E-state index in [-0.39, 0.29) is 0 Å². The number of unbranched alkanes of at least 4 members (excludes halogenated alkanes) is 9. The maximum absolute atomic E-state index is 12.3. The minimum atomic E-state index is 0.328. The van der Waals surface area contributed by atoms with Gasteiger partial charge in [-0.3, -0.25) is 4.79 Å². The lowest BCUT2D eigenvalue weighted by atomic mass is 10.1. The lowest BCUT2D eigenvalue weighted by Gasteiger charge is -2.22. The predicted molar refractivity (Wildman–Crippen MR) is 95.0 cm³/mol. The molecule has 0 aliphatic rings. The molecule has 0 aromatic rings. The van der Waals surface area contributed by atoms with Crippen LogP contribution >= 0.6 is 0 Å².